The molecule has 2 aliphatic heterocycles. The van der Waals surface area contributed by atoms with Crippen molar-refractivity contribution in [1.82, 2.24) is 10.6 Å². The van der Waals surface area contributed by atoms with Crippen molar-refractivity contribution in [2.75, 3.05) is 13.1 Å². The van der Waals surface area contributed by atoms with Crippen molar-refractivity contribution in [3.05, 3.63) is 0 Å². The molecule has 1 atom stereocenters. The first-order chi connectivity index (χ1) is 6.83. The van der Waals surface area contributed by atoms with Crippen LogP contribution in [0.3, 0.4) is 0 Å². The Morgan fingerprint density at radius 1 is 0.929 bits per heavy atom. The standard InChI is InChI=1S/C11H20N2O/c14-10-11(7-3-5-9-13-11)6-2-1-4-8-12-10/h13H,1-9H2,(H,12,14). The highest BCUT2D eigenvalue weighted by Crippen LogP contribution is 2.26. The Bertz CT molecular complexity index is 209. The maximum absolute atomic E-state index is 12.0. The smallest absolute Gasteiger partial charge is 0.240 e. The summed E-state index contributed by atoms with van der Waals surface area (Å²) in [5, 5.41) is 6.48. The fourth-order valence-corrected chi connectivity index (χ4v) is 2.59. The van der Waals surface area contributed by atoms with Gasteiger partial charge in [0.25, 0.3) is 0 Å². The summed E-state index contributed by atoms with van der Waals surface area (Å²) in [6.07, 6.45) is 8.05. The lowest BCUT2D eigenvalue weighted by Crippen LogP contribution is -2.59. The van der Waals surface area contributed by atoms with Gasteiger partial charge in [0.05, 0.1) is 5.54 Å². The van der Waals surface area contributed by atoms with E-state index in [2.05, 4.69) is 10.6 Å². The molecule has 0 saturated carbocycles. The maximum atomic E-state index is 12.0. The fourth-order valence-electron chi connectivity index (χ4n) is 2.59. The molecular weight excluding hydrogens is 176 g/mol. The number of piperidine rings is 1. The molecule has 2 saturated heterocycles. The highest BCUT2D eigenvalue weighted by atomic mass is 16.2. The number of rotatable bonds is 0. The number of nitrogens with one attached hydrogen (secondary N) is 2. The van der Waals surface area contributed by atoms with Gasteiger partial charge in [-0.25, -0.2) is 0 Å². The van der Waals surface area contributed by atoms with Crippen molar-refractivity contribution in [1.29, 1.82) is 0 Å². The summed E-state index contributed by atoms with van der Waals surface area (Å²) in [5.74, 6) is 0.247. The second kappa shape index (κ2) is 4.30. The van der Waals surface area contributed by atoms with Crippen LogP contribution in [-0.4, -0.2) is 24.5 Å². The Labute approximate surface area is 85.6 Å². The minimum absolute atomic E-state index is 0.210. The molecule has 14 heavy (non-hydrogen) atoms. The molecule has 1 amide bonds. The zero-order chi connectivity index (χ0) is 9.86. The molecule has 2 N–H and O–H groups in total. The van der Waals surface area contributed by atoms with E-state index in [1.54, 1.807) is 0 Å². The molecule has 3 heteroatoms. The number of carbonyl (C=O) groups is 1. The fraction of sp³-hybridized carbons (Fsp3) is 0.909. The zero-order valence-corrected chi connectivity index (χ0v) is 8.77. The highest BCUT2D eigenvalue weighted by molar-refractivity contribution is 5.86. The molecule has 3 nitrogen and oxygen atoms in total. The molecule has 2 heterocycles. The third-order valence-corrected chi connectivity index (χ3v) is 3.49. The molecule has 0 aromatic heterocycles. The predicted molar refractivity (Wildman–Crippen MR) is 56.1 cm³/mol. The lowest BCUT2D eigenvalue weighted by atomic mass is 9.82. The zero-order valence-electron chi connectivity index (χ0n) is 8.77. The minimum atomic E-state index is -0.210. The second-order valence-electron chi connectivity index (χ2n) is 4.53. The van der Waals surface area contributed by atoms with Gasteiger partial charge in [-0.2, -0.15) is 0 Å². The van der Waals surface area contributed by atoms with Crippen LogP contribution in [0.5, 0.6) is 0 Å². The monoisotopic (exact) mass is 196 g/mol. The molecule has 2 aliphatic rings. The molecule has 0 bridgehead atoms. The van der Waals surface area contributed by atoms with Crippen LogP contribution < -0.4 is 10.6 Å². The SMILES string of the molecule is O=C1NCCCCCC12CCCCN2. The average Bonchev–Trinajstić information content (AvgIpc) is 2.22. The summed E-state index contributed by atoms with van der Waals surface area (Å²) < 4.78 is 0. The molecule has 0 aromatic carbocycles. The van der Waals surface area contributed by atoms with Crippen molar-refractivity contribution < 1.29 is 4.79 Å². The maximum Gasteiger partial charge on any atom is 0.240 e. The van der Waals surface area contributed by atoms with E-state index in [1.165, 1.54) is 25.7 Å². The summed E-state index contributed by atoms with van der Waals surface area (Å²) in [7, 11) is 0. The van der Waals surface area contributed by atoms with E-state index >= 15 is 0 Å². The van der Waals surface area contributed by atoms with Gasteiger partial charge in [-0.15, -0.1) is 0 Å². The third kappa shape index (κ3) is 1.92. The van der Waals surface area contributed by atoms with Gasteiger partial charge >= 0.3 is 0 Å². The first kappa shape index (κ1) is 9.97. The van der Waals surface area contributed by atoms with E-state index in [-0.39, 0.29) is 11.4 Å². The number of carbonyl (C=O) groups excluding carboxylic acids is 1. The first-order valence-electron chi connectivity index (χ1n) is 5.87. The lowest BCUT2D eigenvalue weighted by molar-refractivity contribution is -0.129. The molecule has 2 rings (SSSR count). The molecule has 0 radical (unpaired) electrons. The second-order valence-corrected chi connectivity index (χ2v) is 4.53. The van der Waals surface area contributed by atoms with Gasteiger partial charge in [-0.05, 0) is 38.6 Å². The van der Waals surface area contributed by atoms with Crippen LogP contribution in [0.4, 0.5) is 0 Å². The Morgan fingerprint density at radius 2 is 1.64 bits per heavy atom. The van der Waals surface area contributed by atoms with Crippen molar-refractivity contribution in [3.63, 3.8) is 0 Å². The van der Waals surface area contributed by atoms with E-state index in [1.807, 2.05) is 0 Å². The van der Waals surface area contributed by atoms with Crippen LogP contribution in [0.1, 0.15) is 44.9 Å². The Hall–Kier alpha value is -0.570. The molecule has 1 unspecified atom stereocenters. The van der Waals surface area contributed by atoms with E-state index < -0.39 is 0 Å². The predicted octanol–water partition coefficient (Wildman–Crippen LogP) is 1.19. The lowest BCUT2D eigenvalue weighted by Gasteiger charge is -2.38. The van der Waals surface area contributed by atoms with E-state index in [0.29, 0.717) is 0 Å². The van der Waals surface area contributed by atoms with Gasteiger partial charge < -0.3 is 10.6 Å². The normalized spacial score (nSPS) is 34.7. The van der Waals surface area contributed by atoms with E-state index in [0.717, 1.165) is 32.4 Å². The average molecular weight is 196 g/mol. The van der Waals surface area contributed by atoms with Crippen molar-refractivity contribution in [2.24, 2.45) is 0 Å². The van der Waals surface area contributed by atoms with Crippen LogP contribution in [-0.2, 0) is 4.79 Å². The highest BCUT2D eigenvalue weighted by Gasteiger charge is 2.38. The molecule has 2 fully saturated rings. The van der Waals surface area contributed by atoms with Gasteiger partial charge in [0.2, 0.25) is 5.91 Å². The summed E-state index contributed by atoms with van der Waals surface area (Å²) in [6.45, 7) is 1.87. The van der Waals surface area contributed by atoms with Crippen molar-refractivity contribution in [2.45, 2.75) is 50.5 Å². The summed E-state index contributed by atoms with van der Waals surface area (Å²) in [5.41, 5.74) is -0.210. The van der Waals surface area contributed by atoms with Crippen LogP contribution in [0, 0.1) is 0 Å². The van der Waals surface area contributed by atoms with Gasteiger partial charge in [-0.1, -0.05) is 12.8 Å². The first-order valence-corrected chi connectivity index (χ1v) is 5.87. The Balaban J connectivity index is 2.06. The van der Waals surface area contributed by atoms with E-state index in [4.69, 9.17) is 0 Å². The topological polar surface area (TPSA) is 41.1 Å². The van der Waals surface area contributed by atoms with Crippen LogP contribution in [0.2, 0.25) is 0 Å². The van der Waals surface area contributed by atoms with Gasteiger partial charge in [0.1, 0.15) is 0 Å². The molecule has 80 valence electrons. The quantitative estimate of drug-likeness (QED) is 0.611. The van der Waals surface area contributed by atoms with Gasteiger partial charge in [0, 0.05) is 6.54 Å². The Kier molecular flexibility index (Phi) is 3.06. The number of amides is 1. The largest absolute Gasteiger partial charge is 0.354 e. The summed E-state index contributed by atoms with van der Waals surface area (Å²) >= 11 is 0. The minimum Gasteiger partial charge on any atom is -0.354 e. The van der Waals surface area contributed by atoms with Crippen LogP contribution >= 0.6 is 0 Å². The summed E-state index contributed by atoms with van der Waals surface area (Å²) in [6, 6.07) is 0. The van der Waals surface area contributed by atoms with Crippen molar-refractivity contribution >= 4 is 5.91 Å². The van der Waals surface area contributed by atoms with Crippen LogP contribution in [0.15, 0.2) is 0 Å². The molecule has 1 spiro atoms. The van der Waals surface area contributed by atoms with Gasteiger partial charge in [-0.3, -0.25) is 4.79 Å². The Morgan fingerprint density at radius 3 is 2.43 bits per heavy atom. The number of hydrogen-bond donors (Lipinski definition) is 2. The molecular formula is C11H20N2O. The van der Waals surface area contributed by atoms with E-state index in [9.17, 15) is 4.79 Å². The third-order valence-electron chi connectivity index (χ3n) is 3.49. The van der Waals surface area contributed by atoms with Gasteiger partial charge in [0.15, 0.2) is 0 Å². The summed E-state index contributed by atoms with van der Waals surface area (Å²) in [4.78, 5) is 12.0. The number of hydrogen-bond acceptors (Lipinski definition) is 2. The molecule has 0 aliphatic carbocycles. The molecule has 0 aromatic rings. The van der Waals surface area contributed by atoms with Crippen LogP contribution in [0.25, 0.3) is 0 Å². The van der Waals surface area contributed by atoms with Crippen molar-refractivity contribution in [3.8, 4) is 0 Å².